The summed E-state index contributed by atoms with van der Waals surface area (Å²) in [6, 6.07) is 6.64. The van der Waals surface area contributed by atoms with Gasteiger partial charge < -0.3 is 16.4 Å². The molecule has 5 heteroatoms. The van der Waals surface area contributed by atoms with Crippen LogP contribution < -0.4 is 16.4 Å². The van der Waals surface area contributed by atoms with Crippen molar-refractivity contribution in [1.29, 1.82) is 0 Å². The first-order valence-corrected chi connectivity index (χ1v) is 5.38. The summed E-state index contributed by atoms with van der Waals surface area (Å²) in [6.45, 7) is 2.15. The smallest absolute Gasteiger partial charge is 0.248 e. The van der Waals surface area contributed by atoms with Crippen LogP contribution in [-0.2, 0) is 11.3 Å². The highest BCUT2D eigenvalue weighted by atomic mass is 16.2. The fraction of sp³-hybridized carbons (Fsp3) is 0.333. The van der Waals surface area contributed by atoms with Gasteiger partial charge in [0, 0.05) is 12.1 Å². The molecule has 1 unspecified atom stereocenters. The van der Waals surface area contributed by atoms with Crippen molar-refractivity contribution < 1.29 is 9.59 Å². The Hall–Kier alpha value is -1.88. The lowest BCUT2D eigenvalue weighted by atomic mass is 10.1. The number of benzene rings is 1. The number of carbonyl (C=O) groups is 2. The second-order valence-corrected chi connectivity index (χ2v) is 3.79. The highest BCUT2D eigenvalue weighted by Gasteiger charge is 2.09. The Morgan fingerprint density at radius 1 is 1.41 bits per heavy atom. The highest BCUT2D eigenvalue weighted by Crippen LogP contribution is 2.04. The number of rotatable bonds is 5. The molecule has 0 aliphatic carbocycles. The van der Waals surface area contributed by atoms with Gasteiger partial charge in [0.2, 0.25) is 11.8 Å². The SMILES string of the molecule is CNC(C)C(=O)NCc1cccc(C(N)=O)c1. The quantitative estimate of drug-likeness (QED) is 0.672. The lowest BCUT2D eigenvalue weighted by Gasteiger charge is -2.11. The van der Waals surface area contributed by atoms with Gasteiger partial charge in [0.15, 0.2) is 0 Å². The minimum Gasteiger partial charge on any atom is -0.366 e. The van der Waals surface area contributed by atoms with Crippen molar-refractivity contribution in [1.82, 2.24) is 10.6 Å². The van der Waals surface area contributed by atoms with E-state index in [0.29, 0.717) is 12.1 Å². The minimum absolute atomic E-state index is 0.0861. The van der Waals surface area contributed by atoms with Gasteiger partial charge in [-0.3, -0.25) is 9.59 Å². The maximum Gasteiger partial charge on any atom is 0.248 e. The van der Waals surface area contributed by atoms with Gasteiger partial charge in [-0.1, -0.05) is 12.1 Å². The average Bonchev–Trinajstić information content (AvgIpc) is 2.35. The van der Waals surface area contributed by atoms with Crippen LogP contribution in [0.2, 0.25) is 0 Å². The van der Waals surface area contributed by atoms with Crippen molar-refractivity contribution in [2.45, 2.75) is 19.5 Å². The average molecular weight is 235 g/mol. The van der Waals surface area contributed by atoms with E-state index >= 15 is 0 Å². The van der Waals surface area contributed by atoms with Crippen LogP contribution in [0.1, 0.15) is 22.8 Å². The van der Waals surface area contributed by atoms with E-state index in [1.54, 1.807) is 32.2 Å². The van der Waals surface area contributed by atoms with Crippen LogP contribution >= 0.6 is 0 Å². The normalized spacial score (nSPS) is 11.9. The molecule has 0 saturated carbocycles. The monoisotopic (exact) mass is 235 g/mol. The fourth-order valence-electron chi connectivity index (χ4n) is 1.31. The molecule has 0 spiro atoms. The Bertz CT molecular complexity index is 418. The molecule has 2 amide bonds. The summed E-state index contributed by atoms with van der Waals surface area (Å²) in [7, 11) is 1.72. The maximum atomic E-state index is 11.5. The molecule has 1 aromatic rings. The zero-order chi connectivity index (χ0) is 12.8. The highest BCUT2D eigenvalue weighted by molar-refractivity contribution is 5.92. The summed E-state index contributed by atoms with van der Waals surface area (Å²) >= 11 is 0. The Morgan fingerprint density at radius 3 is 2.71 bits per heavy atom. The Labute approximate surface area is 100 Å². The van der Waals surface area contributed by atoms with Crippen molar-refractivity contribution in [2.24, 2.45) is 5.73 Å². The molecule has 0 bridgehead atoms. The summed E-state index contributed by atoms with van der Waals surface area (Å²) in [5.74, 6) is -0.557. The molecule has 0 radical (unpaired) electrons. The van der Waals surface area contributed by atoms with Gasteiger partial charge in [0.25, 0.3) is 0 Å². The lowest BCUT2D eigenvalue weighted by molar-refractivity contribution is -0.122. The molecule has 0 aliphatic heterocycles. The van der Waals surface area contributed by atoms with Crippen molar-refractivity contribution in [3.8, 4) is 0 Å². The molecule has 0 heterocycles. The summed E-state index contributed by atoms with van der Waals surface area (Å²) in [4.78, 5) is 22.5. The summed E-state index contributed by atoms with van der Waals surface area (Å²) in [5, 5.41) is 5.61. The molecule has 0 fully saturated rings. The first-order valence-electron chi connectivity index (χ1n) is 5.38. The van der Waals surface area contributed by atoms with E-state index in [1.165, 1.54) is 0 Å². The predicted octanol–water partition coefficient (Wildman–Crippen LogP) is 0.00960. The Morgan fingerprint density at radius 2 is 2.12 bits per heavy atom. The lowest BCUT2D eigenvalue weighted by Crippen LogP contribution is -2.40. The van der Waals surface area contributed by atoms with Crippen molar-refractivity contribution in [2.75, 3.05) is 7.05 Å². The van der Waals surface area contributed by atoms with E-state index in [9.17, 15) is 9.59 Å². The summed E-state index contributed by atoms with van der Waals surface area (Å²) < 4.78 is 0. The number of hydrogen-bond acceptors (Lipinski definition) is 3. The Kier molecular flexibility index (Phi) is 4.66. The maximum absolute atomic E-state index is 11.5. The van der Waals surface area contributed by atoms with Gasteiger partial charge in [-0.05, 0) is 31.7 Å². The first kappa shape index (κ1) is 13.2. The molecule has 5 nitrogen and oxygen atoms in total. The van der Waals surface area contributed by atoms with Crippen molar-refractivity contribution in [3.63, 3.8) is 0 Å². The van der Waals surface area contributed by atoms with Gasteiger partial charge in [-0.2, -0.15) is 0 Å². The fourth-order valence-corrected chi connectivity index (χ4v) is 1.31. The third kappa shape index (κ3) is 3.88. The van der Waals surface area contributed by atoms with Crippen LogP contribution in [0.4, 0.5) is 0 Å². The third-order valence-corrected chi connectivity index (χ3v) is 2.50. The largest absolute Gasteiger partial charge is 0.366 e. The number of nitrogens with two attached hydrogens (primary N) is 1. The number of likely N-dealkylation sites (N-methyl/N-ethyl adjacent to an activating group) is 1. The zero-order valence-corrected chi connectivity index (χ0v) is 9.99. The molecule has 0 saturated heterocycles. The number of carbonyl (C=O) groups excluding carboxylic acids is 2. The topological polar surface area (TPSA) is 84.2 Å². The van der Waals surface area contributed by atoms with E-state index in [0.717, 1.165) is 5.56 Å². The first-order chi connectivity index (χ1) is 8.04. The third-order valence-electron chi connectivity index (χ3n) is 2.50. The number of hydrogen-bond donors (Lipinski definition) is 3. The van der Waals surface area contributed by atoms with E-state index in [4.69, 9.17) is 5.73 Å². The number of nitrogens with one attached hydrogen (secondary N) is 2. The van der Waals surface area contributed by atoms with Crippen LogP contribution in [0.25, 0.3) is 0 Å². The predicted molar refractivity (Wildman–Crippen MR) is 65.3 cm³/mol. The van der Waals surface area contributed by atoms with E-state index < -0.39 is 5.91 Å². The van der Waals surface area contributed by atoms with Crippen LogP contribution in [-0.4, -0.2) is 24.9 Å². The molecule has 1 rings (SSSR count). The summed E-state index contributed by atoms with van der Waals surface area (Å²) in [5.41, 5.74) is 6.46. The molecule has 1 atom stereocenters. The number of primary amides is 1. The molecule has 17 heavy (non-hydrogen) atoms. The van der Waals surface area contributed by atoms with Crippen molar-refractivity contribution >= 4 is 11.8 Å². The summed E-state index contributed by atoms with van der Waals surface area (Å²) in [6.07, 6.45) is 0. The van der Waals surface area contributed by atoms with Crippen LogP contribution in [0.15, 0.2) is 24.3 Å². The second-order valence-electron chi connectivity index (χ2n) is 3.79. The van der Waals surface area contributed by atoms with Gasteiger partial charge in [-0.15, -0.1) is 0 Å². The van der Waals surface area contributed by atoms with Crippen LogP contribution in [0, 0.1) is 0 Å². The molecular formula is C12H17N3O2. The molecule has 1 aromatic carbocycles. The Balaban J connectivity index is 2.60. The van der Waals surface area contributed by atoms with E-state index in [2.05, 4.69) is 10.6 Å². The van der Waals surface area contributed by atoms with Gasteiger partial charge >= 0.3 is 0 Å². The second kappa shape index (κ2) is 6.00. The van der Waals surface area contributed by atoms with E-state index in [-0.39, 0.29) is 11.9 Å². The molecule has 92 valence electrons. The van der Waals surface area contributed by atoms with Gasteiger partial charge in [0.1, 0.15) is 0 Å². The standard InChI is InChI=1S/C12H17N3O2/c1-8(14-2)12(17)15-7-9-4-3-5-10(6-9)11(13)16/h3-6,8,14H,7H2,1-2H3,(H2,13,16)(H,15,17). The van der Waals surface area contributed by atoms with Gasteiger partial charge in [-0.25, -0.2) is 0 Å². The minimum atomic E-state index is -0.471. The zero-order valence-electron chi connectivity index (χ0n) is 9.99. The van der Waals surface area contributed by atoms with Crippen LogP contribution in [0.3, 0.4) is 0 Å². The van der Waals surface area contributed by atoms with Crippen molar-refractivity contribution in [3.05, 3.63) is 35.4 Å². The van der Waals surface area contributed by atoms with Crippen LogP contribution in [0.5, 0.6) is 0 Å². The molecule has 4 N–H and O–H groups in total. The molecule has 0 aliphatic rings. The van der Waals surface area contributed by atoms with E-state index in [1.807, 2.05) is 6.07 Å². The number of amides is 2. The molecular weight excluding hydrogens is 218 g/mol. The molecule has 0 aromatic heterocycles. The van der Waals surface area contributed by atoms with Gasteiger partial charge in [0.05, 0.1) is 6.04 Å².